The van der Waals surface area contributed by atoms with Crippen LogP contribution in [-0.4, -0.2) is 47.4 Å². The first-order valence-electron chi connectivity index (χ1n) is 6.66. The van der Waals surface area contributed by atoms with Gasteiger partial charge in [0.2, 0.25) is 11.8 Å². The first-order valence-corrected chi connectivity index (χ1v) is 8.05. The van der Waals surface area contributed by atoms with Crippen LogP contribution in [0.3, 0.4) is 0 Å². The van der Waals surface area contributed by atoms with E-state index in [4.69, 9.17) is 0 Å². The van der Waals surface area contributed by atoms with Gasteiger partial charge in [0.15, 0.2) is 0 Å². The number of nitrogens with one attached hydrogen (secondary N) is 1. The first-order chi connectivity index (χ1) is 8.56. The van der Waals surface area contributed by atoms with E-state index in [2.05, 4.69) is 5.32 Å². The average Bonchev–Trinajstić information content (AvgIpc) is 3.13. The number of amides is 2. The Kier molecular flexibility index (Phi) is 4.20. The van der Waals surface area contributed by atoms with Gasteiger partial charge in [0.25, 0.3) is 0 Å². The van der Waals surface area contributed by atoms with Crippen LogP contribution in [0.15, 0.2) is 0 Å². The maximum Gasteiger partial charge on any atom is 0.246 e. The normalized spacial score (nSPS) is 28.8. The Morgan fingerprint density at radius 3 is 2.56 bits per heavy atom. The van der Waals surface area contributed by atoms with E-state index in [-0.39, 0.29) is 29.8 Å². The second kappa shape index (κ2) is 5.51. The van der Waals surface area contributed by atoms with E-state index in [0.717, 1.165) is 18.6 Å². The quantitative estimate of drug-likeness (QED) is 0.814. The Hall–Kier alpha value is -0.710. The van der Waals surface area contributed by atoms with Crippen LogP contribution in [0.2, 0.25) is 0 Å². The van der Waals surface area contributed by atoms with Crippen molar-refractivity contribution in [2.24, 2.45) is 11.8 Å². The largest absolute Gasteiger partial charge is 0.342 e. The van der Waals surface area contributed by atoms with Crippen molar-refractivity contribution in [1.82, 2.24) is 10.2 Å². The molecule has 102 valence electrons. The van der Waals surface area contributed by atoms with Gasteiger partial charge < -0.3 is 10.2 Å². The third kappa shape index (κ3) is 2.66. The van der Waals surface area contributed by atoms with Gasteiger partial charge >= 0.3 is 0 Å². The molecular formula is C13H22N2O2S. The van der Waals surface area contributed by atoms with Crippen LogP contribution < -0.4 is 5.32 Å². The molecule has 0 spiro atoms. The highest BCUT2D eigenvalue weighted by molar-refractivity contribution is 7.98. The molecule has 2 fully saturated rings. The molecule has 2 rings (SSSR count). The summed E-state index contributed by atoms with van der Waals surface area (Å²) in [5.41, 5.74) is 0. The number of piperazine rings is 1. The number of rotatable bonds is 5. The minimum Gasteiger partial charge on any atom is -0.342 e. The van der Waals surface area contributed by atoms with E-state index in [0.29, 0.717) is 12.5 Å². The summed E-state index contributed by atoms with van der Waals surface area (Å²) in [4.78, 5) is 26.5. The summed E-state index contributed by atoms with van der Waals surface area (Å²) in [6.07, 6.45) is 4.18. The van der Waals surface area contributed by atoms with E-state index < -0.39 is 0 Å². The summed E-state index contributed by atoms with van der Waals surface area (Å²) in [6, 6.07) is -0.547. The minimum atomic E-state index is -0.339. The van der Waals surface area contributed by atoms with Crippen molar-refractivity contribution in [3.8, 4) is 0 Å². The van der Waals surface area contributed by atoms with Crippen molar-refractivity contribution >= 4 is 23.6 Å². The van der Waals surface area contributed by atoms with Crippen molar-refractivity contribution in [2.45, 2.75) is 38.8 Å². The van der Waals surface area contributed by atoms with Crippen LogP contribution in [0.1, 0.15) is 26.7 Å². The Morgan fingerprint density at radius 2 is 2.06 bits per heavy atom. The molecule has 1 saturated carbocycles. The highest BCUT2D eigenvalue weighted by Gasteiger charge is 2.48. The zero-order valence-electron chi connectivity index (χ0n) is 11.3. The van der Waals surface area contributed by atoms with Gasteiger partial charge in [0.1, 0.15) is 12.1 Å². The summed E-state index contributed by atoms with van der Waals surface area (Å²) < 4.78 is 0. The van der Waals surface area contributed by atoms with Crippen molar-refractivity contribution in [3.05, 3.63) is 0 Å². The Morgan fingerprint density at radius 1 is 1.39 bits per heavy atom. The molecule has 2 aliphatic rings. The van der Waals surface area contributed by atoms with E-state index in [1.807, 2.05) is 25.0 Å². The Labute approximate surface area is 113 Å². The first kappa shape index (κ1) is 13.7. The fourth-order valence-electron chi connectivity index (χ4n) is 2.53. The molecule has 2 unspecified atom stereocenters. The van der Waals surface area contributed by atoms with Gasteiger partial charge in [-0.15, -0.1) is 0 Å². The van der Waals surface area contributed by atoms with Gasteiger partial charge in [0, 0.05) is 12.3 Å². The van der Waals surface area contributed by atoms with E-state index in [9.17, 15) is 9.59 Å². The van der Waals surface area contributed by atoms with Gasteiger partial charge in [-0.2, -0.15) is 11.8 Å². The van der Waals surface area contributed by atoms with Crippen molar-refractivity contribution in [3.63, 3.8) is 0 Å². The lowest BCUT2D eigenvalue weighted by molar-refractivity contribution is -0.151. The van der Waals surface area contributed by atoms with Gasteiger partial charge in [-0.1, -0.05) is 13.8 Å². The number of thioether (sulfide) groups is 1. The summed E-state index contributed by atoms with van der Waals surface area (Å²) in [5, 5.41) is 2.91. The molecule has 0 radical (unpaired) electrons. The van der Waals surface area contributed by atoms with Crippen LogP contribution in [0, 0.1) is 11.8 Å². The van der Waals surface area contributed by atoms with Crippen LogP contribution in [0.25, 0.3) is 0 Å². The molecule has 1 aliphatic heterocycles. The van der Waals surface area contributed by atoms with Crippen molar-refractivity contribution in [2.75, 3.05) is 18.6 Å². The molecule has 0 aromatic rings. The third-order valence-corrected chi connectivity index (χ3v) is 4.31. The molecule has 0 aromatic carbocycles. The summed E-state index contributed by atoms with van der Waals surface area (Å²) in [6.45, 7) is 4.65. The predicted octanol–water partition coefficient (Wildman–Crippen LogP) is 1.11. The second-order valence-corrected chi connectivity index (χ2v) is 6.52. The molecule has 1 N–H and O–H groups in total. The monoisotopic (exact) mass is 270 g/mol. The molecule has 1 aliphatic carbocycles. The summed E-state index contributed by atoms with van der Waals surface area (Å²) in [7, 11) is 0. The van der Waals surface area contributed by atoms with Gasteiger partial charge in [-0.05, 0) is 30.9 Å². The molecule has 5 heteroatoms. The molecular weight excluding hydrogens is 248 g/mol. The van der Waals surface area contributed by atoms with Gasteiger partial charge in [-0.3, -0.25) is 9.59 Å². The molecule has 1 saturated heterocycles. The smallest absolute Gasteiger partial charge is 0.246 e. The fraction of sp³-hybridized carbons (Fsp3) is 0.846. The minimum absolute atomic E-state index is 0.0527. The zero-order chi connectivity index (χ0) is 13.3. The number of hydrogen-bond donors (Lipinski definition) is 1. The fourth-order valence-corrected chi connectivity index (χ4v) is 2.91. The zero-order valence-corrected chi connectivity index (χ0v) is 12.1. The molecule has 18 heavy (non-hydrogen) atoms. The lowest BCUT2D eigenvalue weighted by atomic mass is 9.96. The second-order valence-electron chi connectivity index (χ2n) is 5.54. The lowest BCUT2D eigenvalue weighted by Crippen LogP contribution is -2.65. The highest BCUT2D eigenvalue weighted by atomic mass is 32.2. The van der Waals surface area contributed by atoms with Crippen LogP contribution in [0.5, 0.6) is 0 Å². The molecule has 1 heterocycles. The molecule has 2 amide bonds. The van der Waals surface area contributed by atoms with Gasteiger partial charge in [-0.25, -0.2) is 0 Å². The lowest BCUT2D eigenvalue weighted by Gasteiger charge is -2.40. The standard InChI is InChI=1S/C13H22N2O2S/c1-8(2)10-13(17)15(6-7-18-3)11(9-4-5-9)12(16)14-10/h8-11H,4-7H2,1-3H3,(H,14,16). The van der Waals surface area contributed by atoms with Crippen LogP contribution in [-0.2, 0) is 9.59 Å². The topological polar surface area (TPSA) is 49.4 Å². The Bertz CT molecular complexity index is 342. The van der Waals surface area contributed by atoms with Crippen LogP contribution >= 0.6 is 11.8 Å². The highest BCUT2D eigenvalue weighted by Crippen LogP contribution is 2.37. The Balaban J connectivity index is 2.15. The van der Waals surface area contributed by atoms with E-state index >= 15 is 0 Å². The summed E-state index contributed by atoms with van der Waals surface area (Å²) in [5.74, 6) is 1.60. The number of nitrogens with zero attached hydrogens (tertiary/aromatic N) is 1. The predicted molar refractivity (Wildman–Crippen MR) is 73.4 cm³/mol. The van der Waals surface area contributed by atoms with E-state index in [1.165, 1.54) is 0 Å². The number of hydrogen-bond acceptors (Lipinski definition) is 3. The van der Waals surface area contributed by atoms with Crippen LogP contribution in [0.4, 0.5) is 0 Å². The van der Waals surface area contributed by atoms with Crippen molar-refractivity contribution < 1.29 is 9.59 Å². The van der Waals surface area contributed by atoms with E-state index in [1.54, 1.807) is 11.8 Å². The van der Waals surface area contributed by atoms with Crippen molar-refractivity contribution in [1.29, 1.82) is 0 Å². The van der Waals surface area contributed by atoms with Gasteiger partial charge in [0.05, 0.1) is 0 Å². The average molecular weight is 270 g/mol. The molecule has 0 aromatic heterocycles. The number of carbonyl (C=O) groups is 2. The molecule has 2 atom stereocenters. The maximum atomic E-state index is 12.5. The molecule has 4 nitrogen and oxygen atoms in total. The SMILES string of the molecule is CSCCN1C(=O)C(C(C)C)NC(=O)C1C1CC1. The number of carbonyl (C=O) groups excluding carboxylic acids is 2. The summed E-state index contributed by atoms with van der Waals surface area (Å²) >= 11 is 1.72. The molecule has 0 bridgehead atoms. The maximum absolute atomic E-state index is 12.5. The third-order valence-electron chi connectivity index (χ3n) is 3.72.